The van der Waals surface area contributed by atoms with Gasteiger partial charge in [0.25, 0.3) is 0 Å². The van der Waals surface area contributed by atoms with Crippen LogP contribution < -0.4 is 14.4 Å². The minimum absolute atomic E-state index is 1.07. The maximum atomic E-state index is 2.49. The maximum absolute atomic E-state index is 2.49. The molecular weight excluding hydrogens is 282 g/mol. The van der Waals surface area contributed by atoms with E-state index in [0.29, 0.717) is 0 Å². The van der Waals surface area contributed by atoms with E-state index in [9.17, 15) is 0 Å². The van der Waals surface area contributed by atoms with E-state index in [1.54, 1.807) is 0 Å². The van der Waals surface area contributed by atoms with Crippen LogP contribution >= 0.6 is 0 Å². The van der Waals surface area contributed by atoms with Crippen molar-refractivity contribution in [2.75, 3.05) is 36.0 Å². The molecule has 3 nitrogen and oxygen atoms in total. The second kappa shape index (κ2) is 5.92. The number of hydrogen-bond acceptors (Lipinski definition) is 2. The number of rotatable bonds is 2. The lowest BCUT2D eigenvalue weighted by atomic mass is 10.1. The molecule has 0 unspecified atom stereocenters. The van der Waals surface area contributed by atoms with Gasteiger partial charge in [-0.2, -0.15) is 0 Å². The van der Waals surface area contributed by atoms with E-state index in [1.165, 1.54) is 22.3 Å². The summed E-state index contributed by atoms with van der Waals surface area (Å²) in [6.45, 7) is 4.28. The van der Waals surface area contributed by atoms with E-state index in [-0.39, 0.29) is 0 Å². The number of benzene rings is 2. The van der Waals surface area contributed by atoms with Gasteiger partial charge in [-0.1, -0.05) is 18.2 Å². The summed E-state index contributed by atoms with van der Waals surface area (Å²) in [4.78, 5) is 4.96. The lowest BCUT2D eigenvalue weighted by Crippen LogP contribution is -2.46. The number of aryl methyl sites for hydroxylation is 1. The molecule has 4 rings (SSSR count). The van der Waals surface area contributed by atoms with E-state index < -0.39 is 0 Å². The van der Waals surface area contributed by atoms with E-state index in [1.807, 2.05) is 0 Å². The number of hydrogen-bond donors (Lipinski definition) is 0. The molecule has 0 spiro atoms. The summed E-state index contributed by atoms with van der Waals surface area (Å²) in [5, 5.41) is 1.29. The Morgan fingerprint density at radius 2 is 1.43 bits per heavy atom. The van der Waals surface area contributed by atoms with Gasteiger partial charge in [0.1, 0.15) is 7.05 Å². The molecular formula is C20H22N3+. The Bertz CT molecular complexity index is 805. The first-order valence-corrected chi connectivity index (χ1v) is 8.25. The summed E-state index contributed by atoms with van der Waals surface area (Å²) in [7, 11) is 2.11. The number of anilines is 2. The van der Waals surface area contributed by atoms with Gasteiger partial charge in [-0.25, -0.2) is 4.57 Å². The van der Waals surface area contributed by atoms with Gasteiger partial charge in [0, 0.05) is 55.1 Å². The Labute approximate surface area is 137 Å². The highest BCUT2D eigenvalue weighted by Gasteiger charge is 2.18. The Balaban J connectivity index is 1.53. The zero-order valence-corrected chi connectivity index (χ0v) is 13.5. The van der Waals surface area contributed by atoms with Crippen molar-refractivity contribution in [3.05, 3.63) is 66.9 Å². The van der Waals surface area contributed by atoms with Crippen LogP contribution in [0.15, 0.2) is 66.9 Å². The molecule has 0 bridgehead atoms. The van der Waals surface area contributed by atoms with Crippen LogP contribution in [-0.4, -0.2) is 26.2 Å². The number of aromatic nitrogens is 1. The highest BCUT2D eigenvalue weighted by atomic mass is 15.3. The zero-order valence-electron chi connectivity index (χ0n) is 13.5. The van der Waals surface area contributed by atoms with Crippen molar-refractivity contribution >= 4 is 22.3 Å². The topological polar surface area (TPSA) is 10.4 Å². The molecule has 0 N–H and O–H groups in total. The summed E-state index contributed by atoms with van der Waals surface area (Å²) in [6, 6.07) is 21.8. The predicted molar refractivity (Wildman–Crippen MR) is 96.0 cm³/mol. The van der Waals surface area contributed by atoms with Gasteiger partial charge in [0.2, 0.25) is 5.52 Å². The lowest BCUT2D eigenvalue weighted by Gasteiger charge is -2.37. The van der Waals surface area contributed by atoms with Gasteiger partial charge in [0.15, 0.2) is 6.20 Å². The second-order valence-corrected chi connectivity index (χ2v) is 6.17. The van der Waals surface area contributed by atoms with E-state index in [0.717, 1.165) is 26.2 Å². The van der Waals surface area contributed by atoms with Crippen LogP contribution in [0.3, 0.4) is 0 Å². The van der Waals surface area contributed by atoms with Crippen LogP contribution in [0.5, 0.6) is 0 Å². The number of piperazine rings is 1. The third kappa shape index (κ3) is 2.74. The molecule has 0 amide bonds. The number of pyridine rings is 1. The molecule has 2 aromatic carbocycles. The van der Waals surface area contributed by atoms with Gasteiger partial charge < -0.3 is 9.80 Å². The fraction of sp³-hybridized carbons (Fsp3) is 0.250. The molecule has 1 aliphatic rings. The van der Waals surface area contributed by atoms with Gasteiger partial charge in [-0.3, -0.25) is 0 Å². The van der Waals surface area contributed by atoms with Crippen molar-refractivity contribution in [2.45, 2.75) is 0 Å². The first-order chi connectivity index (χ1) is 11.3. The van der Waals surface area contributed by atoms with Crippen molar-refractivity contribution in [3.8, 4) is 0 Å². The minimum atomic E-state index is 1.07. The molecule has 1 fully saturated rings. The monoisotopic (exact) mass is 304 g/mol. The highest BCUT2D eigenvalue weighted by molar-refractivity contribution is 5.79. The zero-order chi connectivity index (χ0) is 15.6. The molecule has 0 saturated carbocycles. The van der Waals surface area contributed by atoms with Crippen LogP contribution in [0.4, 0.5) is 11.4 Å². The van der Waals surface area contributed by atoms with Crippen molar-refractivity contribution in [2.24, 2.45) is 7.05 Å². The van der Waals surface area contributed by atoms with E-state index >= 15 is 0 Å². The van der Waals surface area contributed by atoms with Crippen LogP contribution in [0.2, 0.25) is 0 Å². The van der Waals surface area contributed by atoms with Crippen LogP contribution in [0.1, 0.15) is 0 Å². The van der Waals surface area contributed by atoms with Crippen molar-refractivity contribution in [1.82, 2.24) is 0 Å². The largest absolute Gasteiger partial charge is 0.368 e. The average molecular weight is 304 g/mol. The molecule has 0 aliphatic carbocycles. The highest BCUT2D eigenvalue weighted by Crippen LogP contribution is 2.23. The average Bonchev–Trinajstić information content (AvgIpc) is 2.63. The summed E-state index contributed by atoms with van der Waals surface area (Å²) in [5.41, 5.74) is 3.94. The quantitative estimate of drug-likeness (QED) is 0.674. The number of nitrogens with zero attached hydrogens (tertiary/aromatic N) is 3. The number of fused-ring (bicyclic) bond motifs is 1. The summed E-state index contributed by atoms with van der Waals surface area (Å²) in [5.74, 6) is 0. The molecule has 0 radical (unpaired) electrons. The van der Waals surface area contributed by atoms with Crippen molar-refractivity contribution < 1.29 is 4.57 Å². The number of para-hydroxylation sites is 1. The molecule has 3 heteroatoms. The van der Waals surface area contributed by atoms with Crippen LogP contribution in [0, 0.1) is 0 Å². The van der Waals surface area contributed by atoms with Crippen molar-refractivity contribution in [1.29, 1.82) is 0 Å². The fourth-order valence-electron chi connectivity index (χ4n) is 3.39. The van der Waals surface area contributed by atoms with E-state index in [4.69, 9.17) is 0 Å². The van der Waals surface area contributed by atoms with Crippen LogP contribution in [-0.2, 0) is 7.05 Å². The molecule has 0 atom stereocenters. The second-order valence-electron chi connectivity index (χ2n) is 6.17. The van der Waals surface area contributed by atoms with Gasteiger partial charge >= 0.3 is 0 Å². The van der Waals surface area contributed by atoms with Crippen molar-refractivity contribution in [3.63, 3.8) is 0 Å². The SMILES string of the molecule is C[n+]1cccc2ccc(N3CCN(c4ccccc4)CC3)cc21. The smallest absolute Gasteiger partial charge is 0.214 e. The maximum Gasteiger partial charge on any atom is 0.214 e. The first-order valence-electron chi connectivity index (χ1n) is 8.25. The summed E-state index contributed by atoms with van der Waals surface area (Å²) >= 11 is 0. The Kier molecular flexibility index (Phi) is 3.62. The lowest BCUT2D eigenvalue weighted by molar-refractivity contribution is -0.644. The first kappa shape index (κ1) is 14.1. The Hall–Kier alpha value is -2.55. The summed E-state index contributed by atoms with van der Waals surface area (Å²) in [6.07, 6.45) is 2.11. The standard InChI is InChI=1S/C20H22N3/c1-21-11-5-6-17-9-10-19(16-20(17)21)23-14-12-22(13-15-23)18-7-3-2-4-8-18/h2-11,16H,12-15H2,1H3/q+1. The van der Waals surface area contributed by atoms with Crippen LogP contribution in [0.25, 0.3) is 10.9 Å². The third-order valence-electron chi connectivity index (χ3n) is 4.75. The van der Waals surface area contributed by atoms with Gasteiger partial charge in [-0.05, 0) is 30.3 Å². The molecule has 116 valence electrons. The van der Waals surface area contributed by atoms with Gasteiger partial charge in [0.05, 0.1) is 0 Å². The Morgan fingerprint density at radius 3 is 2.17 bits per heavy atom. The molecule has 2 heterocycles. The van der Waals surface area contributed by atoms with E-state index in [2.05, 4.69) is 88.3 Å². The third-order valence-corrected chi connectivity index (χ3v) is 4.75. The predicted octanol–water partition coefficient (Wildman–Crippen LogP) is 2.99. The Morgan fingerprint density at radius 1 is 0.739 bits per heavy atom. The minimum Gasteiger partial charge on any atom is -0.368 e. The molecule has 23 heavy (non-hydrogen) atoms. The molecule has 1 aliphatic heterocycles. The summed E-state index contributed by atoms with van der Waals surface area (Å²) < 4.78 is 2.19. The molecule has 3 aromatic rings. The normalized spacial score (nSPS) is 15.2. The molecule has 1 aromatic heterocycles. The fourth-order valence-corrected chi connectivity index (χ4v) is 3.39. The van der Waals surface area contributed by atoms with Gasteiger partial charge in [-0.15, -0.1) is 0 Å². The molecule has 1 saturated heterocycles.